The van der Waals surface area contributed by atoms with Crippen LogP contribution in [0.5, 0.6) is 0 Å². The molecule has 0 fully saturated rings. The van der Waals surface area contributed by atoms with Crippen molar-refractivity contribution in [2.45, 2.75) is 0 Å². The van der Waals surface area contributed by atoms with Gasteiger partial charge in [-0.15, -0.1) is 11.3 Å². The molecule has 0 radical (unpaired) electrons. The third-order valence-corrected chi connectivity index (χ3v) is 3.63. The standard InChI is InChI=1S/C11H8ClN3S/c1-15-5-4-13-10(15)11-14-8-6-7(12)2-3-9(8)16-11/h2-6H,1H3. The smallest absolute Gasteiger partial charge is 0.168 e. The Kier molecular flexibility index (Phi) is 2.19. The Morgan fingerprint density at radius 2 is 2.25 bits per heavy atom. The van der Waals surface area contributed by atoms with E-state index in [1.165, 1.54) is 0 Å². The van der Waals surface area contributed by atoms with Crippen LogP contribution in [0.15, 0.2) is 30.6 Å². The fourth-order valence-corrected chi connectivity index (χ4v) is 2.72. The minimum Gasteiger partial charge on any atom is -0.332 e. The Labute approximate surface area is 101 Å². The van der Waals surface area contributed by atoms with Gasteiger partial charge in [-0.2, -0.15) is 0 Å². The van der Waals surface area contributed by atoms with Gasteiger partial charge in [-0.1, -0.05) is 11.6 Å². The number of benzene rings is 1. The molecule has 2 aromatic heterocycles. The molecule has 0 unspecified atom stereocenters. The van der Waals surface area contributed by atoms with Gasteiger partial charge >= 0.3 is 0 Å². The quantitative estimate of drug-likeness (QED) is 0.662. The Bertz CT molecular complexity index is 656. The molecule has 3 aromatic rings. The van der Waals surface area contributed by atoms with E-state index in [0.29, 0.717) is 5.02 Å². The van der Waals surface area contributed by atoms with Crippen LogP contribution < -0.4 is 0 Å². The number of nitrogens with zero attached hydrogens (tertiary/aromatic N) is 3. The molecule has 2 heterocycles. The zero-order valence-corrected chi connectivity index (χ0v) is 10.1. The van der Waals surface area contributed by atoms with E-state index in [0.717, 1.165) is 21.0 Å². The first-order valence-electron chi connectivity index (χ1n) is 4.78. The van der Waals surface area contributed by atoms with Gasteiger partial charge in [-0.25, -0.2) is 9.97 Å². The summed E-state index contributed by atoms with van der Waals surface area (Å²) in [6, 6.07) is 5.74. The molecule has 0 saturated heterocycles. The van der Waals surface area contributed by atoms with Crippen molar-refractivity contribution in [1.29, 1.82) is 0 Å². The lowest BCUT2D eigenvalue weighted by molar-refractivity contribution is 0.923. The lowest BCUT2D eigenvalue weighted by Crippen LogP contribution is -1.89. The first kappa shape index (κ1) is 9.81. The normalized spacial score (nSPS) is 11.1. The summed E-state index contributed by atoms with van der Waals surface area (Å²) in [6.45, 7) is 0. The van der Waals surface area contributed by atoms with E-state index in [4.69, 9.17) is 11.6 Å². The Morgan fingerprint density at radius 1 is 1.38 bits per heavy atom. The average molecular weight is 250 g/mol. The van der Waals surface area contributed by atoms with Gasteiger partial charge in [0.2, 0.25) is 0 Å². The van der Waals surface area contributed by atoms with Gasteiger partial charge in [0.05, 0.1) is 10.2 Å². The number of aryl methyl sites for hydroxylation is 1. The Morgan fingerprint density at radius 3 is 3.00 bits per heavy atom. The van der Waals surface area contributed by atoms with E-state index in [9.17, 15) is 0 Å². The van der Waals surface area contributed by atoms with Crippen LogP contribution in [0.1, 0.15) is 0 Å². The molecule has 3 nitrogen and oxygen atoms in total. The summed E-state index contributed by atoms with van der Waals surface area (Å²) in [7, 11) is 1.96. The predicted octanol–water partition coefficient (Wildman–Crippen LogP) is 3.35. The third-order valence-electron chi connectivity index (χ3n) is 2.36. The number of hydrogen-bond acceptors (Lipinski definition) is 3. The second-order valence-electron chi connectivity index (χ2n) is 3.49. The third kappa shape index (κ3) is 1.50. The zero-order chi connectivity index (χ0) is 11.1. The highest BCUT2D eigenvalue weighted by Crippen LogP contribution is 2.30. The number of thiazole rings is 1. The summed E-state index contributed by atoms with van der Waals surface area (Å²) in [6.07, 6.45) is 3.68. The molecular formula is C11H8ClN3S. The van der Waals surface area contributed by atoms with E-state index in [1.54, 1.807) is 17.5 Å². The van der Waals surface area contributed by atoms with Crippen molar-refractivity contribution in [2.24, 2.45) is 7.05 Å². The number of rotatable bonds is 1. The summed E-state index contributed by atoms with van der Waals surface area (Å²) in [5.74, 6) is 0.886. The monoisotopic (exact) mass is 249 g/mol. The molecular weight excluding hydrogens is 242 g/mol. The number of halogens is 1. The lowest BCUT2D eigenvalue weighted by Gasteiger charge is -1.94. The fraction of sp³-hybridized carbons (Fsp3) is 0.0909. The summed E-state index contributed by atoms with van der Waals surface area (Å²) >= 11 is 7.55. The van der Waals surface area contributed by atoms with Gasteiger partial charge in [-0.3, -0.25) is 0 Å². The van der Waals surface area contributed by atoms with Crippen molar-refractivity contribution in [1.82, 2.24) is 14.5 Å². The fourth-order valence-electron chi connectivity index (χ4n) is 1.57. The molecule has 0 bridgehead atoms. The first-order valence-corrected chi connectivity index (χ1v) is 5.97. The average Bonchev–Trinajstić information content (AvgIpc) is 2.82. The van der Waals surface area contributed by atoms with Gasteiger partial charge in [0.25, 0.3) is 0 Å². The molecule has 0 N–H and O–H groups in total. The summed E-state index contributed by atoms with van der Waals surface area (Å²) in [5, 5.41) is 1.63. The summed E-state index contributed by atoms with van der Waals surface area (Å²) < 4.78 is 3.08. The van der Waals surface area contributed by atoms with Crippen LogP contribution >= 0.6 is 22.9 Å². The first-order chi connectivity index (χ1) is 7.74. The summed E-state index contributed by atoms with van der Waals surface area (Å²) in [4.78, 5) is 8.81. The van der Waals surface area contributed by atoms with Crippen LogP contribution in [-0.2, 0) is 7.05 Å². The molecule has 80 valence electrons. The van der Waals surface area contributed by atoms with Crippen molar-refractivity contribution in [3.05, 3.63) is 35.6 Å². The maximum atomic E-state index is 5.93. The van der Waals surface area contributed by atoms with Gasteiger partial charge in [-0.05, 0) is 18.2 Å². The van der Waals surface area contributed by atoms with Crippen LogP contribution in [0.3, 0.4) is 0 Å². The van der Waals surface area contributed by atoms with Crippen molar-refractivity contribution >= 4 is 33.2 Å². The van der Waals surface area contributed by atoms with Gasteiger partial charge in [0.1, 0.15) is 0 Å². The second kappa shape index (κ2) is 3.57. The van der Waals surface area contributed by atoms with Crippen LogP contribution in [0.25, 0.3) is 21.0 Å². The Hall–Kier alpha value is -1.39. The van der Waals surface area contributed by atoms with E-state index in [-0.39, 0.29) is 0 Å². The van der Waals surface area contributed by atoms with E-state index >= 15 is 0 Å². The van der Waals surface area contributed by atoms with Crippen LogP contribution in [0, 0.1) is 0 Å². The van der Waals surface area contributed by atoms with Gasteiger partial charge < -0.3 is 4.57 Å². The molecule has 16 heavy (non-hydrogen) atoms. The maximum Gasteiger partial charge on any atom is 0.168 e. The molecule has 5 heteroatoms. The number of fused-ring (bicyclic) bond motifs is 1. The minimum absolute atomic E-state index is 0.712. The van der Waals surface area contributed by atoms with E-state index in [1.807, 2.05) is 36.0 Å². The maximum absolute atomic E-state index is 5.93. The highest BCUT2D eigenvalue weighted by molar-refractivity contribution is 7.21. The second-order valence-corrected chi connectivity index (χ2v) is 4.96. The van der Waals surface area contributed by atoms with E-state index < -0.39 is 0 Å². The number of hydrogen-bond donors (Lipinski definition) is 0. The van der Waals surface area contributed by atoms with Crippen molar-refractivity contribution in [3.63, 3.8) is 0 Å². The largest absolute Gasteiger partial charge is 0.332 e. The zero-order valence-electron chi connectivity index (χ0n) is 8.51. The molecule has 0 amide bonds. The molecule has 0 aliphatic carbocycles. The van der Waals surface area contributed by atoms with E-state index in [2.05, 4.69) is 9.97 Å². The minimum atomic E-state index is 0.712. The predicted molar refractivity (Wildman–Crippen MR) is 66.8 cm³/mol. The Balaban J connectivity index is 2.23. The SMILES string of the molecule is Cn1ccnc1-c1nc2cc(Cl)ccc2s1. The van der Waals surface area contributed by atoms with Gasteiger partial charge in [0.15, 0.2) is 10.8 Å². The lowest BCUT2D eigenvalue weighted by atomic mass is 10.3. The molecule has 3 rings (SSSR count). The molecule has 0 saturated carbocycles. The summed E-state index contributed by atoms with van der Waals surface area (Å²) in [5.41, 5.74) is 0.926. The van der Waals surface area contributed by atoms with Crippen molar-refractivity contribution < 1.29 is 0 Å². The van der Waals surface area contributed by atoms with Crippen LogP contribution in [-0.4, -0.2) is 14.5 Å². The molecule has 0 atom stereocenters. The highest BCUT2D eigenvalue weighted by atomic mass is 35.5. The van der Waals surface area contributed by atoms with Gasteiger partial charge in [0, 0.05) is 24.5 Å². The highest BCUT2D eigenvalue weighted by Gasteiger charge is 2.09. The number of imidazole rings is 1. The topological polar surface area (TPSA) is 30.7 Å². The number of aromatic nitrogens is 3. The molecule has 1 aromatic carbocycles. The van der Waals surface area contributed by atoms with Crippen LogP contribution in [0.2, 0.25) is 5.02 Å². The van der Waals surface area contributed by atoms with Crippen LogP contribution in [0.4, 0.5) is 0 Å². The van der Waals surface area contributed by atoms with Crippen molar-refractivity contribution in [3.8, 4) is 10.8 Å². The molecule has 0 aliphatic rings. The molecule has 0 spiro atoms. The molecule has 0 aliphatic heterocycles. The van der Waals surface area contributed by atoms with Crippen molar-refractivity contribution in [2.75, 3.05) is 0 Å².